The molecule has 2 unspecified atom stereocenters. The van der Waals surface area contributed by atoms with Crippen LogP contribution in [0.5, 0.6) is 0 Å². The Morgan fingerprint density at radius 2 is 2.03 bits per heavy atom. The first-order valence-electron chi connectivity index (χ1n) is 11.3. The third-order valence-corrected chi connectivity index (χ3v) is 8.38. The number of amidine groups is 1. The maximum atomic E-state index is 13.0. The van der Waals surface area contributed by atoms with Crippen LogP contribution in [0.3, 0.4) is 0 Å². The van der Waals surface area contributed by atoms with Gasteiger partial charge in [-0.15, -0.1) is 11.3 Å². The van der Waals surface area contributed by atoms with Crippen molar-refractivity contribution in [2.45, 2.75) is 44.9 Å². The van der Waals surface area contributed by atoms with Crippen molar-refractivity contribution in [1.82, 2.24) is 14.5 Å². The second-order valence-corrected chi connectivity index (χ2v) is 10.7. The molecule has 1 fully saturated rings. The zero-order valence-corrected chi connectivity index (χ0v) is 20.5. The van der Waals surface area contributed by atoms with Gasteiger partial charge in [-0.25, -0.2) is 9.78 Å². The molecule has 2 aliphatic heterocycles. The average Bonchev–Trinajstić information content (AvgIpc) is 3.52. The van der Waals surface area contributed by atoms with E-state index in [0.717, 1.165) is 44.9 Å². The van der Waals surface area contributed by atoms with E-state index in [4.69, 9.17) is 9.73 Å². The van der Waals surface area contributed by atoms with Gasteiger partial charge in [0.05, 0.1) is 33.1 Å². The fraction of sp³-hybridized carbons (Fsp3) is 0.417. The van der Waals surface area contributed by atoms with E-state index >= 15 is 0 Å². The summed E-state index contributed by atoms with van der Waals surface area (Å²) in [5, 5.41) is 2.02. The number of thiazole rings is 1. The van der Waals surface area contributed by atoms with Gasteiger partial charge in [0.25, 0.3) is 0 Å². The van der Waals surface area contributed by atoms with Crippen molar-refractivity contribution < 1.29 is 9.53 Å². The smallest absolute Gasteiger partial charge is 0.343 e. The van der Waals surface area contributed by atoms with E-state index in [1.807, 2.05) is 23.6 Å². The Hall–Kier alpha value is -2.65. The van der Waals surface area contributed by atoms with Crippen LogP contribution in [0.4, 0.5) is 0 Å². The molecule has 0 saturated carbocycles. The number of aliphatic imine (C=N–C) groups is 1. The third-order valence-electron chi connectivity index (χ3n) is 5.99. The summed E-state index contributed by atoms with van der Waals surface area (Å²) in [6.07, 6.45) is 4.00. The second-order valence-electron chi connectivity index (χ2n) is 8.34. The Morgan fingerprint density at radius 1 is 1.24 bits per heavy atom. The minimum atomic E-state index is -0.598. The van der Waals surface area contributed by atoms with Crippen LogP contribution in [-0.4, -0.2) is 51.3 Å². The quantitative estimate of drug-likeness (QED) is 0.508. The molecule has 1 saturated heterocycles. The molecule has 2 aliphatic rings. The largest absolute Gasteiger partial charge is 0.462 e. The standard InChI is InChI=1S/C24H26N4O3S2/c1-4-31-23(30)17-13-28(16-7-8-18-21(11-16)32-15(3)26-18)19(12-20(17)29)22-14(2)25-24(33-22)27-9-5-6-10-27/h7-8,11-14,22H,4-6,9-10H2,1-3H3. The minimum Gasteiger partial charge on any atom is -0.462 e. The van der Waals surface area contributed by atoms with Gasteiger partial charge in [0.15, 0.2) is 10.6 Å². The number of carbonyl (C=O) groups excluding carboxylic acids is 1. The summed E-state index contributed by atoms with van der Waals surface area (Å²) in [6, 6.07) is 7.63. The third kappa shape index (κ3) is 4.19. The minimum absolute atomic E-state index is 0.0130. The molecule has 2 atom stereocenters. The lowest BCUT2D eigenvalue weighted by Gasteiger charge is -2.22. The average molecular weight is 483 g/mol. The summed E-state index contributed by atoms with van der Waals surface area (Å²) >= 11 is 3.34. The fourth-order valence-electron chi connectivity index (χ4n) is 4.39. The summed E-state index contributed by atoms with van der Waals surface area (Å²) in [4.78, 5) is 37.3. The van der Waals surface area contributed by atoms with E-state index in [-0.39, 0.29) is 28.9 Å². The summed E-state index contributed by atoms with van der Waals surface area (Å²) in [7, 11) is 0. The molecule has 0 spiro atoms. The zero-order valence-electron chi connectivity index (χ0n) is 18.9. The number of ether oxygens (including phenoxy) is 1. The van der Waals surface area contributed by atoms with E-state index in [1.165, 1.54) is 12.8 Å². The topological polar surface area (TPSA) is 76.8 Å². The monoisotopic (exact) mass is 482 g/mol. The van der Waals surface area contributed by atoms with Gasteiger partial charge < -0.3 is 14.2 Å². The highest BCUT2D eigenvalue weighted by Gasteiger charge is 2.34. The van der Waals surface area contributed by atoms with Crippen LogP contribution < -0.4 is 5.43 Å². The Morgan fingerprint density at radius 3 is 2.79 bits per heavy atom. The maximum absolute atomic E-state index is 13.0. The van der Waals surface area contributed by atoms with E-state index in [2.05, 4.69) is 22.9 Å². The molecule has 2 aromatic heterocycles. The molecule has 0 aliphatic carbocycles. The number of hydrogen-bond acceptors (Lipinski definition) is 8. The maximum Gasteiger partial charge on any atom is 0.343 e. The van der Waals surface area contributed by atoms with Crippen LogP contribution in [-0.2, 0) is 4.74 Å². The highest BCUT2D eigenvalue weighted by Crippen LogP contribution is 2.42. The van der Waals surface area contributed by atoms with Crippen LogP contribution in [0, 0.1) is 6.92 Å². The van der Waals surface area contributed by atoms with Crippen LogP contribution in [0.15, 0.2) is 40.2 Å². The number of rotatable bonds is 4. The number of nitrogens with zero attached hydrogens (tertiary/aromatic N) is 4. The molecule has 0 amide bonds. The fourth-order valence-corrected chi connectivity index (χ4v) is 6.59. The van der Waals surface area contributed by atoms with Crippen LogP contribution in [0.25, 0.3) is 15.9 Å². The number of aromatic nitrogens is 2. The SMILES string of the molecule is CCOC(=O)c1cn(-c2ccc3nc(C)sc3c2)c(C2SC(N3CCCC3)=NC2C)cc1=O. The first-order valence-corrected chi connectivity index (χ1v) is 12.9. The van der Waals surface area contributed by atoms with Crippen LogP contribution in [0.1, 0.15) is 53.0 Å². The first kappa shape index (κ1) is 22.2. The summed E-state index contributed by atoms with van der Waals surface area (Å²) < 4.78 is 8.17. The van der Waals surface area contributed by atoms with Gasteiger partial charge in [0.2, 0.25) is 0 Å². The molecule has 172 valence electrons. The molecule has 1 aromatic carbocycles. The number of likely N-dealkylation sites (tertiary alicyclic amines) is 1. The summed E-state index contributed by atoms with van der Waals surface area (Å²) in [5.74, 6) is -0.598. The highest BCUT2D eigenvalue weighted by atomic mass is 32.2. The molecule has 0 N–H and O–H groups in total. The van der Waals surface area contributed by atoms with Gasteiger partial charge in [-0.3, -0.25) is 9.79 Å². The molecule has 5 rings (SSSR count). The lowest BCUT2D eigenvalue weighted by Crippen LogP contribution is -2.24. The molecule has 33 heavy (non-hydrogen) atoms. The van der Waals surface area contributed by atoms with E-state index < -0.39 is 5.97 Å². The lowest BCUT2D eigenvalue weighted by atomic mass is 10.1. The van der Waals surface area contributed by atoms with Crippen molar-refractivity contribution in [3.05, 3.63) is 57.0 Å². The van der Waals surface area contributed by atoms with Gasteiger partial charge in [0.1, 0.15) is 5.56 Å². The van der Waals surface area contributed by atoms with E-state index in [1.54, 1.807) is 42.3 Å². The molecule has 7 nitrogen and oxygen atoms in total. The number of aryl methyl sites for hydroxylation is 1. The van der Waals surface area contributed by atoms with Gasteiger partial charge >= 0.3 is 5.97 Å². The van der Waals surface area contributed by atoms with Crippen LogP contribution in [0.2, 0.25) is 0 Å². The summed E-state index contributed by atoms with van der Waals surface area (Å²) in [5.41, 5.74) is 2.38. The number of pyridine rings is 1. The number of hydrogen-bond donors (Lipinski definition) is 0. The molecule has 0 bridgehead atoms. The lowest BCUT2D eigenvalue weighted by molar-refractivity contribution is 0.0524. The predicted octanol–water partition coefficient (Wildman–Crippen LogP) is 4.56. The number of esters is 1. The van der Waals surface area contributed by atoms with Crippen molar-refractivity contribution >= 4 is 44.5 Å². The molecule has 4 heterocycles. The van der Waals surface area contributed by atoms with Crippen molar-refractivity contribution in [1.29, 1.82) is 0 Å². The Bertz CT molecular complexity index is 1310. The van der Waals surface area contributed by atoms with Gasteiger partial charge in [-0.05, 0) is 51.8 Å². The van der Waals surface area contributed by atoms with Gasteiger partial charge in [0, 0.05) is 36.7 Å². The molecule has 0 radical (unpaired) electrons. The predicted molar refractivity (Wildman–Crippen MR) is 134 cm³/mol. The zero-order chi connectivity index (χ0) is 23.1. The normalized spacial score (nSPS) is 20.5. The van der Waals surface area contributed by atoms with Crippen molar-refractivity contribution in [2.75, 3.05) is 19.7 Å². The van der Waals surface area contributed by atoms with Gasteiger partial charge in [-0.1, -0.05) is 11.8 Å². The summed E-state index contributed by atoms with van der Waals surface area (Å²) in [6.45, 7) is 8.09. The first-order chi connectivity index (χ1) is 15.9. The number of carbonyl (C=O) groups is 1. The number of thioether (sulfide) groups is 1. The Labute approximate surface area is 200 Å². The van der Waals surface area contributed by atoms with Crippen molar-refractivity contribution in [3.8, 4) is 5.69 Å². The second kappa shape index (κ2) is 8.95. The molecule has 3 aromatic rings. The van der Waals surface area contributed by atoms with E-state index in [0.29, 0.717) is 0 Å². The molecule has 9 heteroatoms. The highest BCUT2D eigenvalue weighted by molar-refractivity contribution is 8.14. The van der Waals surface area contributed by atoms with Crippen LogP contribution >= 0.6 is 23.1 Å². The number of fused-ring (bicyclic) bond motifs is 1. The Kier molecular flexibility index (Phi) is 6.01. The Balaban J connectivity index is 1.61. The number of benzene rings is 1. The van der Waals surface area contributed by atoms with Gasteiger partial charge in [-0.2, -0.15) is 0 Å². The van der Waals surface area contributed by atoms with Crippen molar-refractivity contribution in [3.63, 3.8) is 0 Å². The van der Waals surface area contributed by atoms with Crippen molar-refractivity contribution in [2.24, 2.45) is 4.99 Å². The van der Waals surface area contributed by atoms with E-state index in [9.17, 15) is 9.59 Å². The molecular weight excluding hydrogens is 456 g/mol. The molecular formula is C24H26N4O3S2.